The summed E-state index contributed by atoms with van der Waals surface area (Å²) < 4.78 is 8.59. The molecule has 0 atom stereocenters. The summed E-state index contributed by atoms with van der Waals surface area (Å²) in [6.07, 6.45) is 0. The number of esters is 1. The molecule has 0 bridgehead atoms. The van der Waals surface area contributed by atoms with Crippen molar-refractivity contribution < 1.29 is 9.53 Å². The molecular formula is C13H13N3O3S. The van der Waals surface area contributed by atoms with Crippen LogP contribution < -0.4 is 5.56 Å². The zero-order valence-electron chi connectivity index (χ0n) is 11.3. The number of aromatic nitrogens is 3. The normalized spacial score (nSPS) is 11.3. The Kier molecular flexibility index (Phi) is 2.86. The van der Waals surface area contributed by atoms with Crippen LogP contribution in [0, 0.1) is 13.8 Å². The number of carbonyl (C=O) groups is 1. The van der Waals surface area contributed by atoms with E-state index in [1.54, 1.807) is 11.3 Å². The molecule has 3 rings (SSSR count). The van der Waals surface area contributed by atoms with Gasteiger partial charge in [-0.15, -0.1) is 11.3 Å². The van der Waals surface area contributed by atoms with Crippen LogP contribution in [0.5, 0.6) is 0 Å². The molecule has 0 radical (unpaired) electrons. The second-order valence-corrected chi connectivity index (χ2v) is 5.85. The summed E-state index contributed by atoms with van der Waals surface area (Å²) in [4.78, 5) is 24.9. The fourth-order valence-corrected chi connectivity index (χ4v) is 3.26. The zero-order valence-corrected chi connectivity index (χ0v) is 12.2. The van der Waals surface area contributed by atoms with E-state index in [0.717, 1.165) is 14.9 Å². The molecule has 20 heavy (non-hydrogen) atoms. The molecule has 0 fully saturated rings. The monoisotopic (exact) mass is 291 g/mol. The Morgan fingerprint density at radius 3 is 2.80 bits per heavy atom. The van der Waals surface area contributed by atoms with Gasteiger partial charge in [0.25, 0.3) is 5.56 Å². The van der Waals surface area contributed by atoms with Gasteiger partial charge in [-0.05, 0) is 26.0 Å². The molecule has 6 nitrogen and oxygen atoms in total. The van der Waals surface area contributed by atoms with Gasteiger partial charge in [0, 0.05) is 4.88 Å². The van der Waals surface area contributed by atoms with Gasteiger partial charge in [0.15, 0.2) is 0 Å². The molecule has 7 heteroatoms. The lowest BCUT2D eigenvalue weighted by molar-refractivity contribution is -0.141. The molecule has 0 aromatic carbocycles. The minimum absolute atomic E-state index is 0.176. The maximum atomic E-state index is 12.4. The Bertz CT molecular complexity index is 888. The van der Waals surface area contributed by atoms with Crippen molar-refractivity contribution in [1.29, 1.82) is 0 Å². The Labute approximate surface area is 118 Å². The van der Waals surface area contributed by atoms with Crippen LogP contribution in [0.2, 0.25) is 0 Å². The molecule has 3 aromatic heterocycles. The lowest BCUT2D eigenvalue weighted by atomic mass is 10.4. The molecule has 0 aliphatic carbocycles. The van der Waals surface area contributed by atoms with E-state index < -0.39 is 5.97 Å². The van der Waals surface area contributed by atoms with Gasteiger partial charge >= 0.3 is 5.97 Å². The predicted octanol–water partition coefficient (Wildman–Crippen LogP) is 1.50. The van der Waals surface area contributed by atoms with Gasteiger partial charge < -0.3 is 4.74 Å². The number of hydrogen-bond donors (Lipinski definition) is 0. The van der Waals surface area contributed by atoms with Crippen molar-refractivity contribution in [1.82, 2.24) is 14.2 Å². The Hall–Kier alpha value is -2.15. The van der Waals surface area contributed by atoms with Crippen molar-refractivity contribution >= 4 is 33.0 Å². The topological polar surface area (TPSA) is 65.6 Å². The first kappa shape index (κ1) is 12.9. The molecular weight excluding hydrogens is 278 g/mol. The first-order valence-electron chi connectivity index (χ1n) is 6.07. The molecule has 0 amide bonds. The number of fused-ring (bicyclic) bond motifs is 3. The highest BCUT2D eigenvalue weighted by Crippen LogP contribution is 2.27. The van der Waals surface area contributed by atoms with E-state index in [-0.39, 0.29) is 12.1 Å². The third-order valence-electron chi connectivity index (χ3n) is 3.16. The Morgan fingerprint density at radius 1 is 1.35 bits per heavy atom. The molecule has 0 spiro atoms. The SMILES string of the molecule is COC(=O)Cn1nc(C)n2c(cc3sc(C)cc32)c1=O. The van der Waals surface area contributed by atoms with Crippen LogP contribution in [-0.2, 0) is 16.1 Å². The maximum absolute atomic E-state index is 12.4. The number of methoxy groups -OCH3 is 1. The lowest BCUT2D eigenvalue weighted by Gasteiger charge is -2.07. The van der Waals surface area contributed by atoms with Gasteiger partial charge in [-0.25, -0.2) is 4.68 Å². The highest BCUT2D eigenvalue weighted by Gasteiger charge is 2.15. The number of nitrogens with zero attached hydrogens (tertiary/aromatic N) is 3. The summed E-state index contributed by atoms with van der Waals surface area (Å²) in [5.41, 5.74) is 1.22. The third-order valence-corrected chi connectivity index (χ3v) is 4.15. The number of aryl methyl sites for hydroxylation is 2. The van der Waals surface area contributed by atoms with E-state index in [0.29, 0.717) is 11.3 Å². The van der Waals surface area contributed by atoms with Crippen molar-refractivity contribution in [2.24, 2.45) is 0 Å². The van der Waals surface area contributed by atoms with Crippen LogP contribution in [0.4, 0.5) is 0 Å². The number of hydrogen-bond acceptors (Lipinski definition) is 5. The van der Waals surface area contributed by atoms with Crippen molar-refractivity contribution in [2.75, 3.05) is 7.11 Å². The smallest absolute Gasteiger partial charge is 0.327 e. The molecule has 0 unspecified atom stereocenters. The Morgan fingerprint density at radius 2 is 2.10 bits per heavy atom. The van der Waals surface area contributed by atoms with Crippen LogP contribution >= 0.6 is 11.3 Å². The third kappa shape index (κ3) is 1.82. The summed E-state index contributed by atoms with van der Waals surface area (Å²) in [6.45, 7) is 3.66. The highest BCUT2D eigenvalue weighted by atomic mass is 32.1. The molecule has 3 heterocycles. The van der Waals surface area contributed by atoms with Gasteiger partial charge in [0.2, 0.25) is 0 Å². The molecule has 0 N–H and O–H groups in total. The first-order valence-corrected chi connectivity index (χ1v) is 6.89. The number of carbonyl (C=O) groups excluding carboxylic acids is 1. The van der Waals surface area contributed by atoms with Gasteiger partial charge in [0.05, 0.1) is 17.3 Å². The molecule has 0 saturated carbocycles. The number of rotatable bonds is 2. The second kappa shape index (κ2) is 4.45. The highest BCUT2D eigenvalue weighted by molar-refractivity contribution is 7.19. The summed E-state index contributed by atoms with van der Waals surface area (Å²) in [6, 6.07) is 3.88. The van der Waals surface area contributed by atoms with E-state index in [9.17, 15) is 9.59 Å². The standard InChI is InChI=1S/C13H13N3O3S/c1-7-4-9-11(20-7)5-10-13(18)15(6-12(17)19-3)14-8(2)16(9)10/h4-5H,6H2,1-3H3. The molecule has 0 aliphatic heterocycles. The fraction of sp³-hybridized carbons (Fsp3) is 0.308. The molecule has 0 aliphatic rings. The van der Waals surface area contributed by atoms with Crippen molar-refractivity contribution in [2.45, 2.75) is 20.4 Å². The average molecular weight is 291 g/mol. The summed E-state index contributed by atoms with van der Waals surface area (Å²) in [5.74, 6) is 0.170. The van der Waals surface area contributed by atoms with Crippen molar-refractivity contribution in [3.05, 3.63) is 33.2 Å². The van der Waals surface area contributed by atoms with Gasteiger partial charge in [-0.3, -0.25) is 14.0 Å². The van der Waals surface area contributed by atoms with Crippen LogP contribution in [0.25, 0.3) is 15.7 Å². The largest absolute Gasteiger partial charge is 0.468 e. The quantitative estimate of drug-likeness (QED) is 0.671. The van der Waals surface area contributed by atoms with Gasteiger partial charge in [-0.1, -0.05) is 0 Å². The minimum atomic E-state index is -0.493. The molecule has 0 saturated heterocycles. The van der Waals surface area contributed by atoms with E-state index in [2.05, 4.69) is 9.84 Å². The van der Waals surface area contributed by atoms with Gasteiger partial charge in [-0.2, -0.15) is 5.10 Å². The summed E-state index contributed by atoms with van der Waals surface area (Å²) in [5, 5.41) is 4.19. The predicted molar refractivity (Wildman–Crippen MR) is 76.3 cm³/mol. The van der Waals surface area contributed by atoms with Crippen LogP contribution in [0.15, 0.2) is 16.9 Å². The van der Waals surface area contributed by atoms with Crippen LogP contribution in [0.3, 0.4) is 0 Å². The maximum Gasteiger partial charge on any atom is 0.327 e. The number of ether oxygens (including phenoxy) is 1. The molecule has 3 aromatic rings. The lowest BCUT2D eigenvalue weighted by Crippen LogP contribution is -2.29. The minimum Gasteiger partial charge on any atom is -0.468 e. The van der Waals surface area contributed by atoms with E-state index >= 15 is 0 Å². The van der Waals surface area contributed by atoms with E-state index in [1.807, 2.05) is 30.4 Å². The Balaban J connectivity index is 2.30. The first-order chi connectivity index (χ1) is 9.51. The van der Waals surface area contributed by atoms with E-state index in [1.165, 1.54) is 12.0 Å². The number of thiophene rings is 1. The van der Waals surface area contributed by atoms with Crippen molar-refractivity contribution in [3.8, 4) is 0 Å². The van der Waals surface area contributed by atoms with Crippen LogP contribution in [0.1, 0.15) is 10.7 Å². The van der Waals surface area contributed by atoms with Gasteiger partial charge in [0.1, 0.15) is 17.9 Å². The zero-order chi connectivity index (χ0) is 14.4. The second-order valence-electron chi connectivity index (χ2n) is 4.56. The van der Waals surface area contributed by atoms with E-state index in [4.69, 9.17) is 0 Å². The summed E-state index contributed by atoms with van der Waals surface area (Å²) >= 11 is 1.63. The fourth-order valence-electron chi connectivity index (χ4n) is 2.31. The molecule has 104 valence electrons. The van der Waals surface area contributed by atoms with Crippen LogP contribution in [-0.4, -0.2) is 27.3 Å². The van der Waals surface area contributed by atoms with Crippen molar-refractivity contribution in [3.63, 3.8) is 0 Å². The average Bonchev–Trinajstić information content (AvgIpc) is 2.91. The summed E-state index contributed by atoms with van der Waals surface area (Å²) in [7, 11) is 1.29.